The monoisotopic (exact) mass is 306 g/mol. The highest BCUT2D eigenvalue weighted by atomic mass is 32.2. The molecule has 2 aliphatic rings. The van der Waals surface area contributed by atoms with Crippen molar-refractivity contribution in [3.05, 3.63) is 29.8 Å². The van der Waals surface area contributed by atoms with Crippen molar-refractivity contribution >= 4 is 29.1 Å². The van der Waals surface area contributed by atoms with Gasteiger partial charge in [0, 0.05) is 25.6 Å². The number of nitrogens with zero attached hydrogens (tertiary/aromatic N) is 2. The minimum absolute atomic E-state index is 0.0114. The van der Waals surface area contributed by atoms with Crippen molar-refractivity contribution in [2.75, 3.05) is 37.5 Å². The zero-order chi connectivity index (χ0) is 15.0. The first-order chi connectivity index (χ1) is 10.1. The molecule has 0 spiro atoms. The Kier molecular flexibility index (Phi) is 3.77. The summed E-state index contributed by atoms with van der Waals surface area (Å²) < 4.78 is 5.39. The Morgan fingerprint density at radius 1 is 1.29 bits per heavy atom. The molecule has 3 rings (SSSR count). The number of benzene rings is 1. The van der Waals surface area contributed by atoms with E-state index in [0.29, 0.717) is 37.6 Å². The second-order valence-electron chi connectivity index (χ2n) is 5.11. The fourth-order valence-electron chi connectivity index (χ4n) is 3.15. The number of para-hydroxylation sites is 1. The first-order valence-electron chi connectivity index (χ1n) is 6.95. The molecule has 21 heavy (non-hydrogen) atoms. The van der Waals surface area contributed by atoms with Crippen LogP contribution in [0.4, 0.5) is 5.69 Å². The smallest absolute Gasteiger partial charge is 0.226 e. The van der Waals surface area contributed by atoms with Crippen molar-refractivity contribution in [3.8, 4) is 0 Å². The van der Waals surface area contributed by atoms with Gasteiger partial charge < -0.3 is 4.74 Å². The lowest BCUT2D eigenvalue weighted by Gasteiger charge is -2.45. The van der Waals surface area contributed by atoms with E-state index in [-0.39, 0.29) is 11.7 Å². The lowest BCUT2D eigenvalue weighted by Crippen LogP contribution is -2.64. The Hall–Kier alpha value is -1.37. The molecule has 0 aliphatic carbocycles. The summed E-state index contributed by atoms with van der Waals surface area (Å²) in [6.07, 6.45) is 1.88. The highest BCUT2D eigenvalue weighted by Gasteiger charge is 2.56. The molecule has 0 radical (unpaired) electrons. The fraction of sp³-hybridized carbons (Fsp3) is 0.467. The number of morpholine rings is 1. The molecule has 0 saturated carbocycles. The van der Waals surface area contributed by atoms with Gasteiger partial charge in [-0.15, -0.1) is 11.8 Å². The summed E-state index contributed by atoms with van der Waals surface area (Å²) in [4.78, 5) is 28.1. The average Bonchev–Trinajstić information content (AvgIpc) is 2.78. The topological polar surface area (TPSA) is 49.9 Å². The van der Waals surface area contributed by atoms with E-state index in [4.69, 9.17) is 4.74 Å². The number of ether oxygens (including phenoxy) is 1. The predicted molar refractivity (Wildman–Crippen MR) is 82.6 cm³/mol. The maximum absolute atomic E-state index is 13.1. The largest absolute Gasteiger partial charge is 0.379 e. The standard InChI is InChI=1S/C15H18N2O3S/c1-11(18)17-13-6-4-3-5-12(13)14(19)15(17,21-2)16-7-9-20-10-8-16/h3-6H,7-10H2,1-2H3. The molecule has 1 fully saturated rings. The molecule has 0 aromatic heterocycles. The normalized spacial score (nSPS) is 26.0. The highest BCUT2D eigenvalue weighted by molar-refractivity contribution is 8.00. The molecule has 0 bridgehead atoms. The highest BCUT2D eigenvalue weighted by Crippen LogP contribution is 2.46. The quantitative estimate of drug-likeness (QED) is 0.830. The van der Waals surface area contributed by atoms with Gasteiger partial charge >= 0.3 is 0 Å². The van der Waals surface area contributed by atoms with Gasteiger partial charge in [0.05, 0.1) is 18.9 Å². The number of hydrogen-bond acceptors (Lipinski definition) is 5. The number of hydrogen-bond donors (Lipinski definition) is 0. The first kappa shape index (κ1) is 14.6. The van der Waals surface area contributed by atoms with Crippen LogP contribution in [0.25, 0.3) is 0 Å². The maximum Gasteiger partial charge on any atom is 0.226 e. The van der Waals surface area contributed by atoms with Crippen molar-refractivity contribution in [1.82, 2.24) is 4.90 Å². The minimum atomic E-state index is -0.973. The molecule has 112 valence electrons. The van der Waals surface area contributed by atoms with Crippen molar-refractivity contribution in [2.45, 2.75) is 11.9 Å². The molecule has 1 atom stereocenters. The Bertz CT molecular complexity index is 586. The molecule has 1 aromatic rings. The first-order valence-corrected chi connectivity index (χ1v) is 8.18. The third-order valence-corrected chi connectivity index (χ3v) is 5.22. The number of Topliss-reactive ketones (excluding diaryl/α,β-unsaturated/α-hetero) is 1. The summed E-state index contributed by atoms with van der Waals surface area (Å²) in [6, 6.07) is 7.33. The van der Waals surface area contributed by atoms with Gasteiger partial charge in [-0.1, -0.05) is 12.1 Å². The second-order valence-corrected chi connectivity index (χ2v) is 6.09. The van der Waals surface area contributed by atoms with E-state index in [0.717, 1.165) is 0 Å². The van der Waals surface area contributed by atoms with Crippen molar-refractivity contribution in [1.29, 1.82) is 0 Å². The van der Waals surface area contributed by atoms with E-state index in [9.17, 15) is 9.59 Å². The molecule has 6 heteroatoms. The molecule has 1 aromatic carbocycles. The summed E-state index contributed by atoms with van der Waals surface area (Å²) in [7, 11) is 0. The number of carbonyl (C=O) groups is 2. The minimum Gasteiger partial charge on any atom is -0.379 e. The van der Waals surface area contributed by atoms with Crippen LogP contribution in [0.5, 0.6) is 0 Å². The third-order valence-electron chi connectivity index (χ3n) is 4.03. The molecule has 5 nitrogen and oxygen atoms in total. The van der Waals surface area contributed by atoms with Crippen LogP contribution in [0, 0.1) is 0 Å². The Morgan fingerprint density at radius 3 is 2.57 bits per heavy atom. The van der Waals surface area contributed by atoms with Gasteiger partial charge in [0.1, 0.15) is 0 Å². The number of carbonyl (C=O) groups excluding carboxylic acids is 2. The van der Waals surface area contributed by atoms with Gasteiger partial charge in [-0.3, -0.25) is 19.4 Å². The van der Waals surface area contributed by atoms with Crippen molar-refractivity contribution in [3.63, 3.8) is 0 Å². The lowest BCUT2D eigenvalue weighted by molar-refractivity contribution is -0.118. The number of anilines is 1. The summed E-state index contributed by atoms with van der Waals surface area (Å²) in [6.45, 7) is 3.96. The van der Waals surface area contributed by atoms with Crippen LogP contribution >= 0.6 is 11.8 Å². The number of ketones is 1. The van der Waals surface area contributed by atoms with Crippen LogP contribution < -0.4 is 4.90 Å². The molecule has 0 N–H and O–H groups in total. The van der Waals surface area contributed by atoms with E-state index in [1.807, 2.05) is 24.5 Å². The van der Waals surface area contributed by atoms with E-state index < -0.39 is 4.99 Å². The van der Waals surface area contributed by atoms with Gasteiger partial charge in [-0.05, 0) is 18.4 Å². The summed E-state index contributed by atoms with van der Waals surface area (Å²) in [5.74, 6) is -0.128. The molecule has 1 unspecified atom stereocenters. The third kappa shape index (κ3) is 2.01. The molecular weight excluding hydrogens is 288 g/mol. The summed E-state index contributed by atoms with van der Waals surface area (Å²) >= 11 is 1.41. The lowest BCUT2D eigenvalue weighted by atomic mass is 10.1. The van der Waals surface area contributed by atoms with Gasteiger partial charge in [0.25, 0.3) is 0 Å². The molecule has 1 amide bonds. The van der Waals surface area contributed by atoms with E-state index in [1.54, 1.807) is 11.0 Å². The molecule has 2 heterocycles. The maximum atomic E-state index is 13.1. The van der Waals surface area contributed by atoms with Crippen molar-refractivity contribution < 1.29 is 14.3 Å². The zero-order valence-electron chi connectivity index (χ0n) is 12.2. The van der Waals surface area contributed by atoms with Crippen LogP contribution in [0.1, 0.15) is 17.3 Å². The van der Waals surface area contributed by atoms with Crippen LogP contribution in [0.3, 0.4) is 0 Å². The van der Waals surface area contributed by atoms with E-state index in [1.165, 1.54) is 18.7 Å². The number of thioether (sulfide) groups is 1. The molecule has 1 saturated heterocycles. The van der Waals surface area contributed by atoms with Crippen LogP contribution in [0.15, 0.2) is 24.3 Å². The van der Waals surface area contributed by atoms with Crippen LogP contribution in [-0.4, -0.2) is 54.1 Å². The Labute approximate surface area is 128 Å². The number of fused-ring (bicyclic) bond motifs is 1. The van der Waals surface area contributed by atoms with Crippen LogP contribution in [0.2, 0.25) is 0 Å². The van der Waals surface area contributed by atoms with Gasteiger partial charge in [-0.2, -0.15) is 0 Å². The van der Waals surface area contributed by atoms with Gasteiger partial charge in [0.15, 0.2) is 0 Å². The number of amides is 1. The van der Waals surface area contributed by atoms with Crippen molar-refractivity contribution in [2.24, 2.45) is 0 Å². The van der Waals surface area contributed by atoms with E-state index >= 15 is 0 Å². The fourth-order valence-corrected chi connectivity index (χ4v) is 4.29. The molecular formula is C15H18N2O3S. The zero-order valence-corrected chi connectivity index (χ0v) is 13.0. The van der Waals surface area contributed by atoms with Gasteiger partial charge in [0.2, 0.25) is 16.7 Å². The summed E-state index contributed by atoms with van der Waals surface area (Å²) in [5.41, 5.74) is 1.32. The Balaban J connectivity index is 2.14. The van der Waals surface area contributed by atoms with Gasteiger partial charge in [-0.25, -0.2) is 0 Å². The molecule has 2 aliphatic heterocycles. The Morgan fingerprint density at radius 2 is 1.95 bits per heavy atom. The predicted octanol–water partition coefficient (Wildman–Crippen LogP) is 1.58. The second kappa shape index (κ2) is 5.44. The SMILES string of the molecule is CSC1(N2CCOCC2)C(=O)c2ccccc2N1C(C)=O. The average molecular weight is 306 g/mol. The van der Waals surface area contributed by atoms with E-state index in [2.05, 4.69) is 4.90 Å². The number of rotatable bonds is 2. The summed E-state index contributed by atoms with van der Waals surface area (Å²) in [5, 5.41) is 0. The van der Waals surface area contributed by atoms with Crippen LogP contribution in [-0.2, 0) is 9.53 Å².